The van der Waals surface area contributed by atoms with Crippen LogP contribution in [0, 0.1) is 5.92 Å². The van der Waals surface area contributed by atoms with Crippen molar-refractivity contribution in [1.82, 2.24) is 5.32 Å². The second kappa shape index (κ2) is 4.98. The average molecular weight is 199 g/mol. The zero-order chi connectivity index (χ0) is 10.6. The van der Waals surface area contributed by atoms with Gasteiger partial charge < -0.3 is 15.2 Å². The van der Waals surface area contributed by atoms with Gasteiger partial charge in [-0.1, -0.05) is 0 Å². The maximum Gasteiger partial charge on any atom is 0.404 e. The second-order valence-electron chi connectivity index (χ2n) is 4.07. The Bertz CT molecular complexity index is 195. The van der Waals surface area contributed by atoms with Crippen LogP contribution in [0.2, 0.25) is 0 Å². The van der Waals surface area contributed by atoms with Crippen LogP contribution in [-0.4, -0.2) is 23.0 Å². The van der Waals surface area contributed by atoms with Crippen molar-refractivity contribution in [3.8, 4) is 0 Å². The lowest BCUT2D eigenvalue weighted by Gasteiger charge is -2.27. The van der Waals surface area contributed by atoms with Crippen molar-refractivity contribution in [2.75, 3.05) is 0 Å². The number of hydrogen-bond donors (Lipinski definition) is 2. The van der Waals surface area contributed by atoms with E-state index >= 15 is 0 Å². The summed E-state index contributed by atoms with van der Waals surface area (Å²) in [5.74, 6) is 0.707. The first kappa shape index (κ1) is 11.0. The van der Waals surface area contributed by atoms with Gasteiger partial charge in [-0.2, -0.15) is 0 Å². The quantitative estimate of drug-likeness (QED) is 0.728. The van der Waals surface area contributed by atoms with Crippen molar-refractivity contribution < 1.29 is 14.7 Å². The molecule has 1 fully saturated rings. The molecule has 0 aromatic carbocycles. The smallest absolute Gasteiger partial charge is 0.404 e. The second-order valence-corrected chi connectivity index (χ2v) is 4.07. The number of rotatable bonds is 3. The highest BCUT2D eigenvalue weighted by atomic mass is 16.4. The van der Waals surface area contributed by atoms with Crippen LogP contribution >= 0.6 is 0 Å². The summed E-state index contributed by atoms with van der Waals surface area (Å²) < 4.78 is 0. The average Bonchev–Trinajstić information content (AvgIpc) is 2.06. The molecule has 1 amide bonds. The van der Waals surface area contributed by atoms with E-state index < -0.39 is 6.09 Å². The molecule has 0 heterocycles. The number of amides is 1. The van der Waals surface area contributed by atoms with Gasteiger partial charge in [0.15, 0.2) is 0 Å². The van der Waals surface area contributed by atoms with E-state index in [1.807, 2.05) is 0 Å². The predicted molar refractivity (Wildman–Crippen MR) is 52.2 cm³/mol. The highest BCUT2D eigenvalue weighted by Gasteiger charge is 2.22. The van der Waals surface area contributed by atoms with Crippen LogP contribution in [0.25, 0.3) is 0 Å². The van der Waals surface area contributed by atoms with E-state index in [4.69, 9.17) is 5.11 Å². The van der Waals surface area contributed by atoms with E-state index in [0.717, 1.165) is 25.7 Å². The van der Waals surface area contributed by atoms with Gasteiger partial charge >= 0.3 is 6.09 Å². The zero-order valence-electron chi connectivity index (χ0n) is 8.45. The molecule has 14 heavy (non-hydrogen) atoms. The van der Waals surface area contributed by atoms with Gasteiger partial charge in [0.05, 0.1) is 0 Å². The maximum atomic E-state index is 10.9. The minimum Gasteiger partial charge on any atom is -0.465 e. The van der Waals surface area contributed by atoms with Crippen molar-refractivity contribution in [3.05, 3.63) is 0 Å². The maximum absolute atomic E-state index is 10.9. The Kier molecular flexibility index (Phi) is 3.92. The number of nitrogens with one attached hydrogen (secondary N) is 1. The van der Waals surface area contributed by atoms with Gasteiger partial charge in [-0.05, 0) is 38.5 Å². The molecule has 1 aliphatic carbocycles. The summed E-state index contributed by atoms with van der Waals surface area (Å²) in [4.78, 5) is 21.2. The predicted octanol–water partition coefficient (Wildman–Crippen LogP) is 1.79. The molecule has 4 heteroatoms. The molecule has 0 bridgehead atoms. The Morgan fingerprint density at radius 3 is 2.29 bits per heavy atom. The van der Waals surface area contributed by atoms with Gasteiger partial charge in [0, 0.05) is 12.5 Å². The highest BCUT2D eigenvalue weighted by Crippen LogP contribution is 2.26. The molecule has 1 saturated carbocycles. The highest BCUT2D eigenvalue weighted by molar-refractivity contribution is 5.75. The summed E-state index contributed by atoms with van der Waals surface area (Å²) in [6.07, 6.45) is 3.36. The summed E-state index contributed by atoms with van der Waals surface area (Å²) >= 11 is 0. The Hall–Kier alpha value is -1.06. The van der Waals surface area contributed by atoms with Crippen molar-refractivity contribution in [1.29, 1.82) is 0 Å². The molecule has 0 radical (unpaired) electrons. The number of carbonyl (C=O) groups excluding carboxylic acids is 1. The molecule has 0 aromatic rings. The van der Waals surface area contributed by atoms with E-state index in [2.05, 4.69) is 5.32 Å². The van der Waals surface area contributed by atoms with Crippen LogP contribution in [0.3, 0.4) is 0 Å². The van der Waals surface area contributed by atoms with Gasteiger partial charge in [-0.15, -0.1) is 0 Å². The Morgan fingerprint density at radius 1 is 1.29 bits per heavy atom. The third-order valence-corrected chi connectivity index (χ3v) is 2.75. The lowest BCUT2D eigenvalue weighted by Crippen LogP contribution is -2.36. The van der Waals surface area contributed by atoms with Crippen LogP contribution in [0.5, 0.6) is 0 Å². The number of Topliss-reactive ketones (excluding diaryl/α,β-unsaturated/α-hetero) is 1. The molecule has 0 atom stereocenters. The van der Waals surface area contributed by atoms with E-state index in [9.17, 15) is 9.59 Å². The monoisotopic (exact) mass is 199 g/mol. The minimum atomic E-state index is -0.944. The first-order valence-corrected chi connectivity index (χ1v) is 5.07. The van der Waals surface area contributed by atoms with Crippen LogP contribution < -0.4 is 5.32 Å². The Balaban J connectivity index is 2.24. The normalized spacial score (nSPS) is 26.9. The number of carbonyl (C=O) groups is 2. The first-order valence-electron chi connectivity index (χ1n) is 5.07. The molecule has 80 valence electrons. The number of ketones is 1. The van der Waals surface area contributed by atoms with Gasteiger partial charge in [0.2, 0.25) is 0 Å². The summed E-state index contributed by atoms with van der Waals surface area (Å²) in [5.41, 5.74) is 0. The molecule has 0 aliphatic heterocycles. The zero-order valence-corrected chi connectivity index (χ0v) is 8.45. The molecule has 1 aliphatic rings. The fraction of sp³-hybridized carbons (Fsp3) is 0.800. The standard InChI is InChI=1S/C10H17NO3/c1-7(12)6-8-2-4-9(5-3-8)11-10(13)14/h8-9,11H,2-6H2,1H3,(H,13,14). The van der Waals surface area contributed by atoms with E-state index in [1.165, 1.54) is 0 Å². The molecule has 4 nitrogen and oxygen atoms in total. The van der Waals surface area contributed by atoms with Gasteiger partial charge in [0.1, 0.15) is 5.78 Å². The summed E-state index contributed by atoms with van der Waals surface area (Å²) in [6, 6.07) is 0.0932. The number of hydrogen-bond acceptors (Lipinski definition) is 2. The van der Waals surface area contributed by atoms with Crippen LogP contribution in [0.1, 0.15) is 39.0 Å². The molecule has 0 aromatic heterocycles. The largest absolute Gasteiger partial charge is 0.465 e. The molecule has 0 saturated heterocycles. The van der Waals surface area contributed by atoms with E-state index in [1.54, 1.807) is 6.92 Å². The lowest BCUT2D eigenvalue weighted by atomic mass is 9.83. The van der Waals surface area contributed by atoms with E-state index in [-0.39, 0.29) is 11.8 Å². The van der Waals surface area contributed by atoms with Crippen molar-refractivity contribution in [2.24, 2.45) is 5.92 Å². The van der Waals surface area contributed by atoms with Crippen LogP contribution in [0.15, 0.2) is 0 Å². The Morgan fingerprint density at radius 2 is 1.86 bits per heavy atom. The van der Waals surface area contributed by atoms with Crippen molar-refractivity contribution in [3.63, 3.8) is 0 Å². The minimum absolute atomic E-state index is 0.0932. The fourth-order valence-electron chi connectivity index (χ4n) is 2.09. The molecule has 0 unspecified atom stereocenters. The van der Waals surface area contributed by atoms with E-state index in [0.29, 0.717) is 12.3 Å². The third kappa shape index (κ3) is 3.77. The molecular formula is C10H17NO3. The van der Waals surface area contributed by atoms with Gasteiger partial charge in [-0.25, -0.2) is 4.79 Å². The van der Waals surface area contributed by atoms with Crippen molar-refractivity contribution in [2.45, 2.75) is 45.1 Å². The summed E-state index contributed by atoms with van der Waals surface area (Å²) in [7, 11) is 0. The molecular weight excluding hydrogens is 182 g/mol. The Labute approximate surface area is 83.7 Å². The van der Waals surface area contributed by atoms with Crippen molar-refractivity contribution >= 4 is 11.9 Å². The summed E-state index contributed by atoms with van der Waals surface area (Å²) in [6.45, 7) is 1.61. The lowest BCUT2D eigenvalue weighted by molar-refractivity contribution is -0.118. The van der Waals surface area contributed by atoms with Gasteiger partial charge in [0.25, 0.3) is 0 Å². The first-order chi connectivity index (χ1) is 6.58. The molecule has 1 rings (SSSR count). The summed E-state index contributed by atoms with van der Waals surface area (Å²) in [5, 5.41) is 11.0. The number of carboxylic acid groups (broad SMARTS) is 1. The molecule has 2 N–H and O–H groups in total. The van der Waals surface area contributed by atoms with Gasteiger partial charge in [-0.3, -0.25) is 0 Å². The SMILES string of the molecule is CC(=O)CC1CCC(NC(=O)O)CC1. The van der Waals surface area contributed by atoms with Crippen LogP contribution in [-0.2, 0) is 4.79 Å². The fourth-order valence-corrected chi connectivity index (χ4v) is 2.09. The van der Waals surface area contributed by atoms with Crippen LogP contribution in [0.4, 0.5) is 4.79 Å². The molecule has 0 spiro atoms. The topological polar surface area (TPSA) is 66.4 Å². The third-order valence-electron chi connectivity index (χ3n) is 2.75.